The van der Waals surface area contributed by atoms with Crippen molar-refractivity contribution >= 4 is 43.2 Å². The van der Waals surface area contributed by atoms with Crippen LogP contribution in [0.15, 0.2) is 45.3 Å². The van der Waals surface area contributed by atoms with Crippen molar-refractivity contribution in [2.24, 2.45) is 0 Å². The van der Waals surface area contributed by atoms with Crippen LogP contribution in [-0.2, 0) is 0 Å². The van der Waals surface area contributed by atoms with Crippen LogP contribution in [0.5, 0.6) is 0 Å². The summed E-state index contributed by atoms with van der Waals surface area (Å²) < 4.78 is 1.81. The largest absolute Gasteiger partial charge is 0.355 e. The smallest absolute Gasteiger partial charge is 0.100 e. The van der Waals surface area contributed by atoms with Gasteiger partial charge in [-0.15, -0.1) is 0 Å². The summed E-state index contributed by atoms with van der Waals surface area (Å²) in [5.41, 5.74) is 3.76. The van der Waals surface area contributed by atoms with Gasteiger partial charge < -0.3 is 5.32 Å². The molecule has 90 valence electrons. The molecule has 0 aliphatic rings. The summed E-state index contributed by atoms with van der Waals surface area (Å²) in [5, 5.41) is 12.2. The zero-order valence-electron chi connectivity index (χ0n) is 9.67. The zero-order valence-corrected chi connectivity index (χ0v) is 12.8. The Kier molecular flexibility index (Phi) is 4.05. The third-order valence-corrected chi connectivity index (χ3v) is 3.81. The summed E-state index contributed by atoms with van der Waals surface area (Å²) in [4.78, 5) is 0. The van der Waals surface area contributed by atoms with Crippen LogP contribution in [0.1, 0.15) is 11.1 Å². The van der Waals surface area contributed by atoms with Gasteiger partial charge in [0.2, 0.25) is 0 Å². The summed E-state index contributed by atoms with van der Waals surface area (Å²) in [6.45, 7) is 2.05. The Morgan fingerprint density at radius 3 is 2.44 bits per heavy atom. The Labute approximate surface area is 123 Å². The molecule has 0 spiro atoms. The maximum Gasteiger partial charge on any atom is 0.100 e. The second-order valence-corrected chi connectivity index (χ2v) is 5.62. The van der Waals surface area contributed by atoms with E-state index in [0.717, 1.165) is 20.3 Å². The third kappa shape index (κ3) is 2.92. The van der Waals surface area contributed by atoms with E-state index in [-0.39, 0.29) is 0 Å². The molecule has 2 aromatic carbocycles. The first-order valence-corrected chi connectivity index (χ1v) is 6.91. The monoisotopic (exact) mass is 364 g/mol. The van der Waals surface area contributed by atoms with E-state index in [9.17, 15) is 0 Å². The zero-order chi connectivity index (χ0) is 13.1. The number of rotatable bonds is 2. The van der Waals surface area contributed by atoms with Crippen LogP contribution >= 0.6 is 31.9 Å². The SMILES string of the molecule is Cc1ccc(Nc2ccc(C#N)c(Br)c2)c(Br)c1. The van der Waals surface area contributed by atoms with E-state index in [1.807, 2.05) is 31.2 Å². The van der Waals surface area contributed by atoms with Gasteiger partial charge in [-0.05, 0) is 74.7 Å². The number of aryl methyl sites for hydroxylation is 1. The molecule has 0 radical (unpaired) electrons. The van der Waals surface area contributed by atoms with Crippen LogP contribution in [-0.4, -0.2) is 0 Å². The number of nitrogens with one attached hydrogen (secondary N) is 1. The average molecular weight is 366 g/mol. The first-order valence-electron chi connectivity index (χ1n) is 5.33. The Bertz CT molecular complexity index is 630. The van der Waals surface area contributed by atoms with Crippen LogP contribution in [0.2, 0.25) is 0 Å². The van der Waals surface area contributed by atoms with Gasteiger partial charge in [-0.2, -0.15) is 5.26 Å². The minimum Gasteiger partial charge on any atom is -0.355 e. The molecule has 0 saturated carbocycles. The molecule has 18 heavy (non-hydrogen) atoms. The van der Waals surface area contributed by atoms with E-state index < -0.39 is 0 Å². The Balaban J connectivity index is 2.29. The van der Waals surface area contributed by atoms with E-state index in [1.54, 1.807) is 6.07 Å². The van der Waals surface area contributed by atoms with Gasteiger partial charge in [0.15, 0.2) is 0 Å². The Morgan fingerprint density at radius 2 is 1.83 bits per heavy atom. The normalized spacial score (nSPS) is 9.89. The van der Waals surface area contributed by atoms with Crippen molar-refractivity contribution in [2.45, 2.75) is 6.92 Å². The molecule has 0 amide bonds. The first kappa shape index (κ1) is 13.1. The lowest BCUT2D eigenvalue weighted by Crippen LogP contribution is -1.92. The summed E-state index contributed by atoms with van der Waals surface area (Å²) >= 11 is 6.90. The van der Waals surface area contributed by atoms with Gasteiger partial charge in [-0.3, -0.25) is 0 Å². The predicted octanol–water partition coefficient (Wildman–Crippen LogP) is 5.14. The van der Waals surface area contributed by atoms with Crippen molar-refractivity contribution < 1.29 is 0 Å². The fraction of sp³-hybridized carbons (Fsp3) is 0.0714. The number of nitrogens with zero attached hydrogens (tertiary/aromatic N) is 1. The molecule has 2 aromatic rings. The maximum absolute atomic E-state index is 8.87. The number of anilines is 2. The first-order chi connectivity index (χ1) is 8.60. The van der Waals surface area contributed by atoms with Gasteiger partial charge in [0.25, 0.3) is 0 Å². The molecule has 0 aliphatic carbocycles. The van der Waals surface area contributed by atoms with Crippen molar-refractivity contribution in [1.29, 1.82) is 5.26 Å². The number of hydrogen-bond donors (Lipinski definition) is 1. The number of hydrogen-bond acceptors (Lipinski definition) is 2. The molecular weight excluding hydrogens is 356 g/mol. The van der Waals surface area contributed by atoms with E-state index >= 15 is 0 Å². The van der Waals surface area contributed by atoms with Crippen LogP contribution in [0.3, 0.4) is 0 Å². The van der Waals surface area contributed by atoms with Crippen molar-refractivity contribution in [1.82, 2.24) is 0 Å². The summed E-state index contributed by atoms with van der Waals surface area (Å²) in [6.07, 6.45) is 0. The van der Waals surface area contributed by atoms with Crippen molar-refractivity contribution in [2.75, 3.05) is 5.32 Å². The van der Waals surface area contributed by atoms with Crippen LogP contribution < -0.4 is 5.32 Å². The van der Waals surface area contributed by atoms with E-state index in [4.69, 9.17) is 5.26 Å². The molecule has 0 saturated heterocycles. The molecule has 2 rings (SSSR count). The van der Waals surface area contributed by atoms with Gasteiger partial charge in [0.05, 0.1) is 11.3 Å². The minimum atomic E-state index is 0.628. The highest BCUT2D eigenvalue weighted by molar-refractivity contribution is 9.11. The average Bonchev–Trinajstić information content (AvgIpc) is 2.33. The van der Waals surface area contributed by atoms with E-state index in [2.05, 4.69) is 49.3 Å². The fourth-order valence-electron chi connectivity index (χ4n) is 1.56. The summed E-state index contributed by atoms with van der Waals surface area (Å²) in [7, 11) is 0. The van der Waals surface area contributed by atoms with E-state index in [0.29, 0.717) is 5.56 Å². The summed E-state index contributed by atoms with van der Waals surface area (Å²) in [6, 6.07) is 13.8. The molecule has 4 heteroatoms. The molecule has 1 N–H and O–H groups in total. The maximum atomic E-state index is 8.87. The van der Waals surface area contributed by atoms with Gasteiger partial charge in [-0.1, -0.05) is 6.07 Å². The lowest BCUT2D eigenvalue weighted by molar-refractivity contribution is 1.42. The highest BCUT2D eigenvalue weighted by Gasteiger charge is 2.03. The Hall–Kier alpha value is -1.31. The van der Waals surface area contributed by atoms with Gasteiger partial charge >= 0.3 is 0 Å². The molecule has 0 aliphatic heterocycles. The lowest BCUT2D eigenvalue weighted by atomic mass is 10.2. The molecule has 0 fully saturated rings. The minimum absolute atomic E-state index is 0.628. The molecule has 0 heterocycles. The van der Waals surface area contributed by atoms with Crippen molar-refractivity contribution in [3.63, 3.8) is 0 Å². The standard InChI is InChI=1S/C14H10Br2N2/c1-9-2-5-14(13(16)6-9)18-11-4-3-10(8-17)12(15)7-11/h2-7,18H,1H3. The fourth-order valence-corrected chi connectivity index (χ4v) is 2.62. The number of nitriles is 1. The molecule has 0 atom stereocenters. The lowest BCUT2D eigenvalue weighted by Gasteiger charge is -2.10. The van der Waals surface area contributed by atoms with Gasteiger partial charge in [-0.25, -0.2) is 0 Å². The highest BCUT2D eigenvalue weighted by atomic mass is 79.9. The Morgan fingerprint density at radius 1 is 1.06 bits per heavy atom. The topological polar surface area (TPSA) is 35.8 Å². The van der Waals surface area contributed by atoms with E-state index in [1.165, 1.54) is 5.56 Å². The highest BCUT2D eigenvalue weighted by Crippen LogP contribution is 2.28. The second kappa shape index (κ2) is 5.55. The number of halogens is 2. The summed E-state index contributed by atoms with van der Waals surface area (Å²) in [5.74, 6) is 0. The molecule has 0 bridgehead atoms. The third-order valence-electron chi connectivity index (χ3n) is 2.49. The molecule has 0 aromatic heterocycles. The van der Waals surface area contributed by atoms with Crippen LogP contribution in [0, 0.1) is 18.3 Å². The van der Waals surface area contributed by atoms with Crippen LogP contribution in [0.25, 0.3) is 0 Å². The van der Waals surface area contributed by atoms with Crippen LogP contribution in [0.4, 0.5) is 11.4 Å². The molecule has 0 unspecified atom stereocenters. The van der Waals surface area contributed by atoms with Gasteiger partial charge in [0.1, 0.15) is 6.07 Å². The number of benzene rings is 2. The quantitative estimate of drug-likeness (QED) is 0.800. The predicted molar refractivity (Wildman–Crippen MR) is 81.0 cm³/mol. The second-order valence-electron chi connectivity index (χ2n) is 3.91. The van der Waals surface area contributed by atoms with Crippen molar-refractivity contribution in [3.8, 4) is 6.07 Å². The van der Waals surface area contributed by atoms with Crippen molar-refractivity contribution in [3.05, 3.63) is 56.5 Å². The molecular formula is C14H10Br2N2. The van der Waals surface area contributed by atoms with Gasteiger partial charge in [0, 0.05) is 14.6 Å². The molecule has 2 nitrogen and oxygen atoms in total.